The lowest BCUT2D eigenvalue weighted by atomic mass is 10.1. The van der Waals surface area contributed by atoms with Crippen molar-refractivity contribution in [1.29, 1.82) is 0 Å². The third-order valence-corrected chi connectivity index (χ3v) is 3.69. The molecular weight excluding hydrogens is 350 g/mol. The smallest absolute Gasteiger partial charge is 0.339 e. The molecule has 8 heteroatoms. The molecule has 2 aromatic rings. The molecule has 27 heavy (non-hydrogen) atoms. The number of para-hydroxylation sites is 1. The minimum absolute atomic E-state index is 0.0401. The van der Waals surface area contributed by atoms with E-state index in [1.165, 1.54) is 25.5 Å². The molecule has 8 nitrogen and oxygen atoms in total. The fourth-order valence-electron chi connectivity index (χ4n) is 2.32. The quantitative estimate of drug-likeness (QED) is 0.409. The zero-order valence-electron chi connectivity index (χ0n) is 14.9. The van der Waals surface area contributed by atoms with Gasteiger partial charge in [0.2, 0.25) is 0 Å². The van der Waals surface area contributed by atoms with Crippen LogP contribution in [-0.2, 0) is 16.0 Å². The summed E-state index contributed by atoms with van der Waals surface area (Å²) in [6, 6.07) is 11.6. The molecule has 0 atom stereocenters. The second kappa shape index (κ2) is 9.14. The van der Waals surface area contributed by atoms with Gasteiger partial charge in [-0.1, -0.05) is 25.1 Å². The molecule has 0 aromatic heterocycles. The first-order valence-electron chi connectivity index (χ1n) is 8.09. The molecule has 0 aliphatic heterocycles. The maximum absolute atomic E-state index is 12.0. The number of hydrazone groups is 1. The average Bonchev–Trinajstić information content (AvgIpc) is 2.68. The zero-order valence-corrected chi connectivity index (χ0v) is 14.9. The number of carbonyl (C=O) groups is 3. The second-order valence-corrected chi connectivity index (χ2v) is 5.43. The van der Waals surface area contributed by atoms with Crippen LogP contribution in [0.25, 0.3) is 0 Å². The summed E-state index contributed by atoms with van der Waals surface area (Å²) < 4.78 is 4.96. The van der Waals surface area contributed by atoms with E-state index in [0.717, 1.165) is 5.56 Å². The molecule has 2 aromatic carbocycles. The highest BCUT2D eigenvalue weighted by Gasteiger charge is 2.14. The fourth-order valence-corrected chi connectivity index (χ4v) is 2.32. The van der Waals surface area contributed by atoms with E-state index in [0.29, 0.717) is 17.7 Å². The van der Waals surface area contributed by atoms with E-state index in [9.17, 15) is 14.4 Å². The van der Waals surface area contributed by atoms with Crippen molar-refractivity contribution in [2.75, 3.05) is 12.4 Å². The first-order valence-corrected chi connectivity index (χ1v) is 8.09. The van der Waals surface area contributed by atoms with E-state index in [1.807, 2.05) is 19.1 Å². The van der Waals surface area contributed by atoms with Crippen LogP contribution in [0.2, 0.25) is 0 Å². The first kappa shape index (κ1) is 19.6. The third kappa shape index (κ3) is 5.15. The van der Waals surface area contributed by atoms with E-state index < -0.39 is 17.8 Å². The SMILES string of the molecule is CCc1ccccc1NC(=O)C(=O)N/N=C\c1ccc(OC)c(C(=O)O)c1. The molecule has 0 spiro atoms. The Balaban J connectivity index is 2.01. The Morgan fingerprint density at radius 2 is 1.89 bits per heavy atom. The Morgan fingerprint density at radius 3 is 2.56 bits per heavy atom. The third-order valence-electron chi connectivity index (χ3n) is 3.69. The predicted octanol–water partition coefficient (Wildman–Crippen LogP) is 2.04. The Kier molecular flexibility index (Phi) is 6.65. The number of aromatic carboxylic acids is 1. The number of amides is 2. The highest BCUT2D eigenvalue weighted by molar-refractivity contribution is 6.39. The Bertz CT molecular complexity index is 893. The van der Waals surface area contributed by atoms with Crippen LogP contribution >= 0.6 is 0 Å². The van der Waals surface area contributed by atoms with Crippen LogP contribution in [0.15, 0.2) is 47.6 Å². The van der Waals surface area contributed by atoms with E-state index in [2.05, 4.69) is 15.8 Å². The van der Waals surface area contributed by atoms with Crippen molar-refractivity contribution in [2.24, 2.45) is 5.10 Å². The van der Waals surface area contributed by atoms with E-state index in [-0.39, 0.29) is 11.3 Å². The number of methoxy groups -OCH3 is 1. The van der Waals surface area contributed by atoms with Crippen molar-refractivity contribution >= 4 is 29.7 Å². The molecule has 0 unspecified atom stereocenters. The van der Waals surface area contributed by atoms with Crippen molar-refractivity contribution in [3.05, 3.63) is 59.2 Å². The number of anilines is 1. The van der Waals surface area contributed by atoms with Crippen LogP contribution < -0.4 is 15.5 Å². The number of carboxylic acids is 1. The molecule has 2 rings (SSSR count). The molecule has 0 aliphatic rings. The van der Waals surface area contributed by atoms with Gasteiger partial charge in [-0.05, 0) is 41.8 Å². The maximum Gasteiger partial charge on any atom is 0.339 e. The fraction of sp³-hybridized carbons (Fsp3) is 0.158. The molecule has 3 N–H and O–H groups in total. The summed E-state index contributed by atoms with van der Waals surface area (Å²) in [5, 5.41) is 15.4. The van der Waals surface area contributed by atoms with Crippen molar-refractivity contribution < 1.29 is 24.2 Å². The topological polar surface area (TPSA) is 117 Å². The van der Waals surface area contributed by atoms with Crippen LogP contribution in [0.5, 0.6) is 5.75 Å². The summed E-state index contributed by atoms with van der Waals surface area (Å²) in [6.45, 7) is 1.94. The van der Waals surface area contributed by atoms with Gasteiger partial charge in [0.1, 0.15) is 11.3 Å². The molecule has 0 fully saturated rings. The van der Waals surface area contributed by atoms with Crippen LogP contribution in [0.4, 0.5) is 5.69 Å². The van der Waals surface area contributed by atoms with Crippen LogP contribution in [0, 0.1) is 0 Å². The number of nitrogens with one attached hydrogen (secondary N) is 2. The molecule has 0 aliphatic carbocycles. The number of carboxylic acid groups (broad SMARTS) is 1. The number of nitrogens with zero attached hydrogens (tertiary/aromatic N) is 1. The van der Waals surface area contributed by atoms with Gasteiger partial charge in [-0.3, -0.25) is 9.59 Å². The van der Waals surface area contributed by atoms with Crippen molar-refractivity contribution in [2.45, 2.75) is 13.3 Å². The molecule has 2 amide bonds. The number of ether oxygens (including phenoxy) is 1. The van der Waals surface area contributed by atoms with Gasteiger partial charge in [-0.2, -0.15) is 5.10 Å². The lowest BCUT2D eigenvalue weighted by Gasteiger charge is -2.08. The second-order valence-electron chi connectivity index (χ2n) is 5.43. The van der Waals surface area contributed by atoms with Crippen LogP contribution in [-0.4, -0.2) is 36.2 Å². The Hall–Kier alpha value is -3.68. The molecule has 0 saturated carbocycles. The number of benzene rings is 2. The number of hydrogen-bond donors (Lipinski definition) is 3. The molecule has 0 bridgehead atoms. The van der Waals surface area contributed by atoms with Crippen molar-refractivity contribution in [1.82, 2.24) is 5.43 Å². The Labute approximate surface area is 155 Å². The summed E-state index contributed by atoms with van der Waals surface area (Å²) in [7, 11) is 1.37. The molecule has 140 valence electrons. The molecule has 0 saturated heterocycles. The summed E-state index contributed by atoms with van der Waals surface area (Å²) in [6.07, 6.45) is 1.94. The number of rotatable bonds is 6. The summed E-state index contributed by atoms with van der Waals surface area (Å²) in [5.41, 5.74) is 3.95. The molecular formula is C19H19N3O5. The molecule has 0 radical (unpaired) electrons. The monoisotopic (exact) mass is 369 g/mol. The van der Waals surface area contributed by atoms with Gasteiger partial charge in [-0.25, -0.2) is 10.2 Å². The van der Waals surface area contributed by atoms with Gasteiger partial charge in [0.05, 0.1) is 13.3 Å². The van der Waals surface area contributed by atoms with Gasteiger partial charge in [-0.15, -0.1) is 0 Å². The van der Waals surface area contributed by atoms with Crippen LogP contribution in [0.1, 0.15) is 28.4 Å². The zero-order chi connectivity index (χ0) is 19.8. The standard InChI is InChI=1S/C19H19N3O5/c1-3-13-6-4-5-7-15(13)21-17(23)18(24)22-20-11-12-8-9-16(27-2)14(10-12)19(25)26/h4-11H,3H2,1-2H3,(H,21,23)(H,22,24)(H,25,26)/b20-11-. The highest BCUT2D eigenvalue weighted by atomic mass is 16.5. The predicted molar refractivity (Wildman–Crippen MR) is 100 cm³/mol. The first-order chi connectivity index (χ1) is 13.0. The minimum Gasteiger partial charge on any atom is -0.496 e. The van der Waals surface area contributed by atoms with Crippen molar-refractivity contribution in [3.8, 4) is 5.75 Å². The van der Waals surface area contributed by atoms with E-state index in [4.69, 9.17) is 9.84 Å². The number of hydrogen-bond acceptors (Lipinski definition) is 5. The normalized spacial score (nSPS) is 10.4. The van der Waals surface area contributed by atoms with Gasteiger partial charge in [0.25, 0.3) is 0 Å². The average molecular weight is 369 g/mol. The summed E-state index contributed by atoms with van der Waals surface area (Å²) >= 11 is 0. The minimum atomic E-state index is -1.15. The number of carbonyl (C=O) groups excluding carboxylic acids is 2. The van der Waals surface area contributed by atoms with Gasteiger partial charge in [0, 0.05) is 5.69 Å². The lowest BCUT2D eigenvalue weighted by Crippen LogP contribution is -2.32. The highest BCUT2D eigenvalue weighted by Crippen LogP contribution is 2.19. The largest absolute Gasteiger partial charge is 0.496 e. The van der Waals surface area contributed by atoms with Gasteiger partial charge >= 0.3 is 17.8 Å². The van der Waals surface area contributed by atoms with Crippen molar-refractivity contribution in [3.63, 3.8) is 0 Å². The summed E-state index contributed by atoms with van der Waals surface area (Å²) in [4.78, 5) is 35.0. The van der Waals surface area contributed by atoms with Gasteiger partial charge < -0.3 is 15.2 Å². The van der Waals surface area contributed by atoms with Crippen LogP contribution in [0.3, 0.4) is 0 Å². The molecule has 0 heterocycles. The van der Waals surface area contributed by atoms with E-state index in [1.54, 1.807) is 18.2 Å². The summed E-state index contributed by atoms with van der Waals surface area (Å²) in [5.74, 6) is -2.74. The number of aryl methyl sites for hydroxylation is 1. The van der Waals surface area contributed by atoms with Gasteiger partial charge in [0.15, 0.2) is 0 Å². The lowest BCUT2D eigenvalue weighted by molar-refractivity contribution is -0.136. The Morgan fingerprint density at radius 1 is 1.15 bits per heavy atom. The van der Waals surface area contributed by atoms with E-state index >= 15 is 0 Å². The maximum atomic E-state index is 12.0.